The first-order valence-corrected chi connectivity index (χ1v) is 8.51. The van der Waals surface area contributed by atoms with E-state index < -0.39 is 0 Å². The van der Waals surface area contributed by atoms with Gasteiger partial charge in [-0.15, -0.1) is 0 Å². The minimum Gasteiger partial charge on any atom is -0.476 e. The molecule has 0 aromatic carbocycles. The predicted molar refractivity (Wildman–Crippen MR) is 95.5 cm³/mol. The van der Waals surface area contributed by atoms with Gasteiger partial charge < -0.3 is 15.0 Å². The maximum Gasteiger partial charge on any atom is 0.322 e. The van der Waals surface area contributed by atoms with Crippen LogP contribution in [0.4, 0.5) is 10.5 Å². The summed E-state index contributed by atoms with van der Waals surface area (Å²) in [7, 11) is 0. The lowest BCUT2D eigenvalue weighted by Crippen LogP contribution is -2.49. The van der Waals surface area contributed by atoms with E-state index >= 15 is 0 Å². The van der Waals surface area contributed by atoms with Crippen molar-refractivity contribution in [2.75, 3.05) is 38.1 Å². The Kier molecular flexibility index (Phi) is 5.79. The largest absolute Gasteiger partial charge is 0.476 e. The molecule has 0 unspecified atom stereocenters. The van der Waals surface area contributed by atoms with Crippen molar-refractivity contribution < 1.29 is 9.53 Å². The third kappa shape index (κ3) is 4.67. The summed E-state index contributed by atoms with van der Waals surface area (Å²) in [5.41, 5.74) is 1.80. The van der Waals surface area contributed by atoms with Crippen molar-refractivity contribution in [2.24, 2.45) is 0 Å². The zero-order valence-electron chi connectivity index (χ0n) is 14.4. The van der Waals surface area contributed by atoms with Crippen molar-refractivity contribution >= 4 is 11.7 Å². The smallest absolute Gasteiger partial charge is 0.322 e. The molecule has 1 aliphatic heterocycles. The van der Waals surface area contributed by atoms with Crippen LogP contribution >= 0.6 is 0 Å². The number of aromatic nitrogens is 2. The average Bonchev–Trinajstić information content (AvgIpc) is 2.65. The van der Waals surface area contributed by atoms with Gasteiger partial charge in [0.25, 0.3) is 0 Å². The molecular formula is C18H23N5O2. The highest BCUT2D eigenvalue weighted by atomic mass is 16.5. The Morgan fingerprint density at radius 2 is 2.00 bits per heavy atom. The average molecular weight is 341 g/mol. The molecule has 1 N–H and O–H groups in total. The molecular weight excluding hydrogens is 318 g/mol. The minimum atomic E-state index is -0.116. The van der Waals surface area contributed by atoms with E-state index in [-0.39, 0.29) is 6.03 Å². The van der Waals surface area contributed by atoms with E-state index in [1.165, 1.54) is 5.56 Å². The number of pyridine rings is 2. The molecule has 1 aliphatic rings. The number of rotatable bonds is 5. The van der Waals surface area contributed by atoms with Gasteiger partial charge in [-0.3, -0.25) is 9.88 Å². The molecule has 3 heterocycles. The summed E-state index contributed by atoms with van der Waals surface area (Å²) in [5, 5.41) is 2.90. The first-order chi connectivity index (χ1) is 12.3. The summed E-state index contributed by atoms with van der Waals surface area (Å²) in [6.07, 6.45) is 5.31. The van der Waals surface area contributed by atoms with Crippen LogP contribution in [0.5, 0.6) is 5.88 Å². The van der Waals surface area contributed by atoms with Gasteiger partial charge in [-0.1, -0.05) is 6.07 Å². The second kappa shape index (κ2) is 8.43. The topological polar surface area (TPSA) is 70.6 Å². The molecule has 7 nitrogen and oxygen atoms in total. The molecule has 1 fully saturated rings. The Balaban J connectivity index is 1.52. The zero-order valence-corrected chi connectivity index (χ0v) is 14.4. The van der Waals surface area contributed by atoms with Gasteiger partial charge in [0.05, 0.1) is 6.61 Å². The molecule has 0 radical (unpaired) electrons. The summed E-state index contributed by atoms with van der Waals surface area (Å²) in [6.45, 7) is 6.32. The molecule has 132 valence electrons. The number of hydrogen-bond donors (Lipinski definition) is 1. The first kappa shape index (κ1) is 17.2. The molecule has 0 atom stereocenters. The lowest BCUT2D eigenvalue weighted by Gasteiger charge is -2.34. The van der Waals surface area contributed by atoms with Gasteiger partial charge in [0.2, 0.25) is 5.88 Å². The van der Waals surface area contributed by atoms with E-state index in [9.17, 15) is 4.79 Å². The van der Waals surface area contributed by atoms with E-state index in [0.717, 1.165) is 19.6 Å². The summed E-state index contributed by atoms with van der Waals surface area (Å²) in [5.74, 6) is 0.452. The van der Waals surface area contributed by atoms with Crippen LogP contribution < -0.4 is 10.1 Å². The first-order valence-electron chi connectivity index (χ1n) is 8.51. The number of nitrogens with one attached hydrogen (secondary N) is 1. The van der Waals surface area contributed by atoms with Crippen LogP contribution in [0.15, 0.2) is 42.9 Å². The van der Waals surface area contributed by atoms with Gasteiger partial charge in [0.15, 0.2) is 0 Å². The fraction of sp³-hybridized carbons (Fsp3) is 0.389. The second-order valence-electron chi connectivity index (χ2n) is 5.84. The van der Waals surface area contributed by atoms with Crippen LogP contribution in [0.3, 0.4) is 0 Å². The number of carbonyl (C=O) groups is 1. The highest BCUT2D eigenvalue weighted by molar-refractivity contribution is 5.90. The Morgan fingerprint density at radius 1 is 1.20 bits per heavy atom. The monoisotopic (exact) mass is 341 g/mol. The van der Waals surface area contributed by atoms with Gasteiger partial charge in [-0.05, 0) is 30.7 Å². The van der Waals surface area contributed by atoms with Crippen molar-refractivity contribution in [3.05, 3.63) is 48.4 Å². The molecule has 0 saturated carbocycles. The molecule has 2 aromatic rings. The zero-order chi connectivity index (χ0) is 17.5. The highest BCUT2D eigenvalue weighted by Crippen LogP contribution is 2.21. The summed E-state index contributed by atoms with van der Waals surface area (Å²) in [6, 6.07) is 7.49. The maximum atomic E-state index is 12.5. The molecule has 25 heavy (non-hydrogen) atoms. The number of nitrogens with zero attached hydrogens (tertiary/aromatic N) is 4. The lowest BCUT2D eigenvalue weighted by molar-refractivity contribution is 0.143. The highest BCUT2D eigenvalue weighted by Gasteiger charge is 2.22. The van der Waals surface area contributed by atoms with Crippen molar-refractivity contribution in [1.29, 1.82) is 0 Å². The Labute approximate surface area is 147 Å². The van der Waals surface area contributed by atoms with Crippen LogP contribution in [0, 0.1) is 0 Å². The maximum absolute atomic E-state index is 12.5. The van der Waals surface area contributed by atoms with Crippen LogP contribution in [0.25, 0.3) is 0 Å². The summed E-state index contributed by atoms with van der Waals surface area (Å²) >= 11 is 0. The van der Waals surface area contributed by atoms with E-state index in [1.54, 1.807) is 24.5 Å². The number of carbonyl (C=O) groups excluding carboxylic acids is 1. The van der Waals surface area contributed by atoms with Crippen LogP contribution in [0.2, 0.25) is 0 Å². The lowest BCUT2D eigenvalue weighted by atomic mass is 10.2. The van der Waals surface area contributed by atoms with Gasteiger partial charge in [0.1, 0.15) is 5.69 Å². The fourth-order valence-electron chi connectivity index (χ4n) is 2.79. The third-order valence-corrected chi connectivity index (χ3v) is 4.08. The van der Waals surface area contributed by atoms with Crippen LogP contribution in [0.1, 0.15) is 12.5 Å². The minimum absolute atomic E-state index is 0.116. The van der Waals surface area contributed by atoms with E-state index in [4.69, 9.17) is 4.74 Å². The molecule has 0 bridgehead atoms. The predicted octanol–water partition coefficient (Wildman–Crippen LogP) is 2.22. The van der Waals surface area contributed by atoms with Crippen molar-refractivity contribution in [2.45, 2.75) is 13.5 Å². The Hall–Kier alpha value is -2.67. The van der Waals surface area contributed by atoms with Crippen LogP contribution in [-0.4, -0.2) is 58.6 Å². The Morgan fingerprint density at radius 3 is 2.72 bits per heavy atom. The molecule has 0 spiro atoms. The van der Waals surface area contributed by atoms with Crippen molar-refractivity contribution in [3.8, 4) is 5.88 Å². The molecule has 1 saturated heterocycles. The number of anilines is 1. The quantitative estimate of drug-likeness (QED) is 0.903. The third-order valence-electron chi connectivity index (χ3n) is 4.08. The van der Waals surface area contributed by atoms with Gasteiger partial charge in [-0.2, -0.15) is 0 Å². The van der Waals surface area contributed by atoms with E-state index in [1.807, 2.05) is 24.1 Å². The van der Waals surface area contributed by atoms with Gasteiger partial charge >= 0.3 is 6.03 Å². The molecule has 7 heteroatoms. The molecule has 0 aliphatic carbocycles. The molecule has 2 aromatic heterocycles. The second-order valence-corrected chi connectivity index (χ2v) is 5.84. The number of ether oxygens (including phenoxy) is 1. The van der Waals surface area contributed by atoms with Gasteiger partial charge in [-0.25, -0.2) is 9.78 Å². The SMILES string of the molecule is CCOc1ncccc1NC(=O)N1CCN(Cc2cccnc2)CC1. The summed E-state index contributed by atoms with van der Waals surface area (Å²) < 4.78 is 5.45. The van der Waals surface area contributed by atoms with Crippen molar-refractivity contribution in [1.82, 2.24) is 19.8 Å². The van der Waals surface area contributed by atoms with Gasteiger partial charge in [0, 0.05) is 51.3 Å². The standard InChI is InChI=1S/C18H23N5O2/c1-2-25-17-16(6-4-8-20-17)21-18(24)23-11-9-22(10-12-23)14-15-5-3-7-19-13-15/h3-8,13H,2,9-12,14H2,1H3,(H,21,24). The Bertz CT molecular complexity index is 687. The number of amides is 2. The number of hydrogen-bond acceptors (Lipinski definition) is 5. The normalized spacial score (nSPS) is 15.0. The molecule has 2 amide bonds. The van der Waals surface area contributed by atoms with E-state index in [2.05, 4.69) is 26.3 Å². The van der Waals surface area contributed by atoms with E-state index in [0.29, 0.717) is 31.3 Å². The molecule has 3 rings (SSSR count). The number of urea groups is 1. The van der Waals surface area contributed by atoms with Crippen LogP contribution in [-0.2, 0) is 6.54 Å². The van der Waals surface area contributed by atoms with Crippen molar-refractivity contribution in [3.63, 3.8) is 0 Å². The summed E-state index contributed by atoms with van der Waals surface area (Å²) in [4.78, 5) is 24.9. The number of piperazine rings is 1. The fourth-order valence-corrected chi connectivity index (χ4v) is 2.79.